The minimum absolute atomic E-state index is 0.387. The van der Waals surface area contributed by atoms with E-state index in [1.807, 2.05) is 30.8 Å². The highest BCUT2D eigenvalue weighted by Gasteiger charge is 2.10. The van der Waals surface area contributed by atoms with E-state index in [1.54, 1.807) is 13.1 Å². The van der Waals surface area contributed by atoms with Gasteiger partial charge in [-0.05, 0) is 49.0 Å². The van der Waals surface area contributed by atoms with E-state index in [1.165, 1.54) is 18.4 Å². The van der Waals surface area contributed by atoms with Gasteiger partial charge in [0.2, 0.25) is 0 Å². The van der Waals surface area contributed by atoms with Crippen LogP contribution in [-0.2, 0) is 16.4 Å². The number of sulfone groups is 1. The number of aryl methyl sites for hydroxylation is 1. The van der Waals surface area contributed by atoms with E-state index in [4.69, 9.17) is 0 Å². The normalized spacial score (nSPS) is 12.3. The molecule has 0 aromatic heterocycles. The molecule has 5 nitrogen and oxygen atoms in total. The fourth-order valence-electron chi connectivity index (χ4n) is 2.22. The second-order valence-corrected chi connectivity index (χ2v) is 8.39. The Labute approximate surface area is 144 Å². The van der Waals surface area contributed by atoms with Crippen LogP contribution in [0.2, 0.25) is 0 Å². The van der Waals surface area contributed by atoms with Crippen molar-refractivity contribution in [2.75, 3.05) is 31.9 Å². The summed E-state index contributed by atoms with van der Waals surface area (Å²) >= 11 is 1.86. The van der Waals surface area contributed by atoms with Crippen LogP contribution in [0.1, 0.15) is 24.0 Å². The average Bonchev–Trinajstić information content (AvgIpc) is 2.49. The smallest absolute Gasteiger partial charge is 0.191 e. The number of nitrogens with zero attached hydrogens (tertiary/aromatic N) is 1. The van der Waals surface area contributed by atoms with Gasteiger partial charge < -0.3 is 10.6 Å². The molecule has 1 rings (SSSR count). The molecule has 7 heteroatoms. The summed E-state index contributed by atoms with van der Waals surface area (Å²) in [4.78, 5) is 4.58. The first-order valence-corrected chi connectivity index (χ1v) is 10.9. The lowest BCUT2D eigenvalue weighted by Crippen LogP contribution is -2.37. The Bertz CT molecular complexity index is 628. The van der Waals surface area contributed by atoms with Gasteiger partial charge in [-0.2, -0.15) is 11.8 Å². The quantitative estimate of drug-likeness (QED) is 0.424. The third-order valence-corrected chi connectivity index (χ3v) is 5.34. The number of hydrogen-bond donors (Lipinski definition) is 2. The van der Waals surface area contributed by atoms with Gasteiger partial charge in [0, 0.05) is 26.4 Å². The zero-order valence-electron chi connectivity index (χ0n) is 14.3. The molecule has 0 saturated carbocycles. The molecule has 0 fully saturated rings. The van der Waals surface area contributed by atoms with Crippen molar-refractivity contribution in [3.05, 3.63) is 29.3 Å². The Morgan fingerprint density at radius 1 is 1.26 bits per heavy atom. The molecule has 0 heterocycles. The van der Waals surface area contributed by atoms with Crippen molar-refractivity contribution in [3.8, 4) is 0 Å². The molecular weight excluding hydrogens is 330 g/mol. The van der Waals surface area contributed by atoms with Gasteiger partial charge in [-0.1, -0.05) is 12.1 Å². The zero-order chi connectivity index (χ0) is 17.3. The summed E-state index contributed by atoms with van der Waals surface area (Å²) in [5.74, 6) is 1.94. The van der Waals surface area contributed by atoms with Crippen LogP contribution in [0.5, 0.6) is 0 Å². The minimum atomic E-state index is -3.16. The highest BCUT2D eigenvalue weighted by molar-refractivity contribution is 7.98. The molecule has 1 aromatic carbocycles. The lowest BCUT2D eigenvalue weighted by atomic mass is 10.1. The number of nitrogens with one attached hydrogen (secondary N) is 2. The zero-order valence-corrected chi connectivity index (χ0v) is 16.0. The SMILES string of the molecule is CN=C(NCCCCSC)NCc1ccc(S(C)(=O)=O)c(C)c1. The van der Waals surface area contributed by atoms with Crippen LogP contribution in [0.25, 0.3) is 0 Å². The topological polar surface area (TPSA) is 70.6 Å². The number of unbranched alkanes of at least 4 members (excludes halogenated alkanes) is 1. The van der Waals surface area contributed by atoms with E-state index in [0.29, 0.717) is 11.4 Å². The maximum Gasteiger partial charge on any atom is 0.191 e. The van der Waals surface area contributed by atoms with Crippen molar-refractivity contribution in [1.29, 1.82) is 0 Å². The molecule has 0 spiro atoms. The summed E-state index contributed by atoms with van der Waals surface area (Å²) in [6.45, 7) is 3.32. The van der Waals surface area contributed by atoms with Crippen LogP contribution < -0.4 is 10.6 Å². The van der Waals surface area contributed by atoms with Gasteiger partial charge >= 0.3 is 0 Å². The molecule has 0 bridgehead atoms. The van der Waals surface area contributed by atoms with E-state index < -0.39 is 9.84 Å². The van der Waals surface area contributed by atoms with Gasteiger partial charge in [0.1, 0.15) is 0 Å². The number of thioether (sulfide) groups is 1. The van der Waals surface area contributed by atoms with E-state index in [-0.39, 0.29) is 0 Å². The molecular formula is C16H27N3O2S2. The molecule has 0 amide bonds. The standard InChI is InChI=1S/C16H27N3O2S2/c1-13-11-14(7-8-15(13)23(4,20)21)12-19-16(17-2)18-9-5-6-10-22-3/h7-8,11H,5-6,9-10,12H2,1-4H3,(H2,17,18,19). The highest BCUT2D eigenvalue weighted by atomic mass is 32.2. The lowest BCUT2D eigenvalue weighted by molar-refractivity contribution is 0.601. The number of rotatable bonds is 8. The minimum Gasteiger partial charge on any atom is -0.356 e. The Morgan fingerprint density at radius 3 is 2.57 bits per heavy atom. The van der Waals surface area contributed by atoms with Gasteiger partial charge in [0.05, 0.1) is 4.90 Å². The number of guanidine groups is 1. The molecule has 0 aliphatic heterocycles. The summed E-state index contributed by atoms with van der Waals surface area (Å²) in [7, 11) is -1.42. The van der Waals surface area contributed by atoms with Gasteiger partial charge in [0.15, 0.2) is 15.8 Å². The van der Waals surface area contributed by atoms with E-state index in [9.17, 15) is 8.42 Å². The van der Waals surface area contributed by atoms with Crippen molar-refractivity contribution in [2.24, 2.45) is 4.99 Å². The van der Waals surface area contributed by atoms with E-state index >= 15 is 0 Å². The van der Waals surface area contributed by atoms with Gasteiger partial charge in [-0.25, -0.2) is 8.42 Å². The predicted octanol–water partition coefficient (Wildman–Crippen LogP) is 2.21. The third kappa shape index (κ3) is 7.26. The first kappa shape index (κ1) is 19.8. The lowest BCUT2D eigenvalue weighted by Gasteiger charge is -2.13. The number of aliphatic imine (C=N–C) groups is 1. The van der Waals surface area contributed by atoms with Crippen molar-refractivity contribution in [3.63, 3.8) is 0 Å². The molecule has 1 aromatic rings. The maximum absolute atomic E-state index is 11.6. The Balaban J connectivity index is 2.51. The Morgan fingerprint density at radius 2 is 2.00 bits per heavy atom. The van der Waals surface area contributed by atoms with Gasteiger partial charge in [-0.15, -0.1) is 0 Å². The van der Waals surface area contributed by atoms with Crippen molar-refractivity contribution in [2.45, 2.75) is 31.2 Å². The first-order chi connectivity index (χ1) is 10.9. The maximum atomic E-state index is 11.6. The second-order valence-electron chi connectivity index (χ2n) is 5.42. The number of hydrogen-bond acceptors (Lipinski definition) is 4. The summed E-state index contributed by atoms with van der Waals surface area (Å²) in [5.41, 5.74) is 1.80. The van der Waals surface area contributed by atoms with Crippen LogP contribution in [0.3, 0.4) is 0 Å². The molecule has 0 unspecified atom stereocenters. The van der Waals surface area contributed by atoms with Gasteiger partial charge in [0.25, 0.3) is 0 Å². The average molecular weight is 358 g/mol. The Kier molecular flexibility index (Phi) is 8.47. The Hall–Kier alpha value is -1.21. The fourth-order valence-corrected chi connectivity index (χ4v) is 3.67. The van der Waals surface area contributed by atoms with Crippen molar-refractivity contribution < 1.29 is 8.42 Å². The van der Waals surface area contributed by atoms with Crippen molar-refractivity contribution >= 4 is 27.6 Å². The van der Waals surface area contributed by atoms with Gasteiger partial charge in [-0.3, -0.25) is 4.99 Å². The fraction of sp³-hybridized carbons (Fsp3) is 0.562. The molecule has 0 aliphatic carbocycles. The monoisotopic (exact) mass is 357 g/mol. The van der Waals surface area contributed by atoms with Crippen LogP contribution in [0, 0.1) is 6.92 Å². The summed E-state index contributed by atoms with van der Waals surface area (Å²) in [6, 6.07) is 5.40. The molecule has 2 N–H and O–H groups in total. The highest BCUT2D eigenvalue weighted by Crippen LogP contribution is 2.16. The summed E-state index contributed by atoms with van der Waals surface area (Å²) in [5, 5.41) is 6.53. The van der Waals surface area contributed by atoms with Crippen LogP contribution in [-0.4, -0.2) is 46.2 Å². The third-order valence-electron chi connectivity index (χ3n) is 3.39. The van der Waals surface area contributed by atoms with Crippen LogP contribution >= 0.6 is 11.8 Å². The van der Waals surface area contributed by atoms with Crippen molar-refractivity contribution in [1.82, 2.24) is 10.6 Å². The summed E-state index contributed by atoms with van der Waals surface area (Å²) in [6.07, 6.45) is 5.65. The van der Waals surface area contributed by atoms with Crippen LogP contribution in [0.4, 0.5) is 0 Å². The van der Waals surface area contributed by atoms with Crippen LogP contribution in [0.15, 0.2) is 28.1 Å². The molecule has 0 saturated heterocycles. The van der Waals surface area contributed by atoms with E-state index in [2.05, 4.69) is 21.9 Å². The predicted molar refractivity (Wildman–Crippen MR) is 100 cm³/mol. The molecule has 130 valence electrons. The molecule has 23 heavy (non-hydrogen) atoms. The number of benzene rings is 1. The van der Waals surface area contributed by atoms with E-state index in [0.717, 1.165) is 30.1 Å². The largest absolute Gasteiger partial charge is 0.356 e. The first-order valence-electron chi connectivity index (χ1n) is 7.61. The molecule has 0 radical (unpaired) electrons. The molecule has 0 aliphatic rings. The summed E-state index contributed by atoms with van der Waals surface area (Å²) < 4.78 is 23.2. The molecule has 0 atom stereocenters. The second kappa shape index (κ2) is 9.82.